The second kappa shape index (κ2) is 10.4. The molecule has 1 fully saturated rings. The SMILES string of the molecule is C=CCOc1c(Cl)cc(/C=C2\SC(=O)N(CC(=O)OC(C)C)C2=O)cc1OCC. The molecule has 0 aliphatic carbocycles. The van der Waals surface area contributed by atoms with Crippen LogP contribution in [0.1, 0.15) is 26.3 Å². The van der Waals surface area contributed by atoms with Gasteiger partial charge in [-0.15, -0.1) is 0 Å². The average Bonchev–Trinajstić information content (AvgIpc) is 2.88. The Labute approximate surface area is 178 Å². The number of amides is 2. The van der Waals surface area contributed by atoms with Crippen molar-refractivity contribution >= 4 is 46.6 Å². The fourth-order valence-electron chi connectivity index (χ4n) is 2.43. The number of hydrogen-bond acceptors (Lipinski definition) is 7. The smallest absolute Gasteiger partial charge is 0.326 e. The molecule has 1 saturated heterocycles. The Morgan fingerprint density at radius 1 is 1.31 bits per heavy atom. The van der Waals surface area contributed by atoms with Gasteiger partial charge in [0.1, 0.15) is 13.2 Å². The van der Waals surface area contributed by atoms with Gasteiger partial charge in [-0.1, -0.05) is 24.3 Å². The lowest BCUT2D eigenvalue weighted by Gasteiger charge is -2.14. The third-order valence-corrected chi connectivity index (χ3v) is 4.69. The molecule has 2 rings (SSSR count). The minimum absolute atomic E-state index is 0.172. The second-order valence-electron chi connectivity index (χ2n) is 6.17. The van der Waals surface area contributed by atoms with E-state index in [1.165, 1.54) is 6.08 Å². The summed E-state index contributed by atoms with van der Waals surface area (Å²) in [5.41, 5.74) is 0.555. The van der Waals surface area contributed by atoms with Crippen LogP contribution in [0, 0.1) is 0 Å². The van der Waals surface area contributed by atoms with Crippen molar-refractivity contribution in [3.05, 3.63) is 40.3 Å². The van der Waals surface area contributed by atoms with Crippen LogP contribution in [0.2, 0.25) is 5.02 Å². The van der Waals surface area contributed by atoms with Crippen molar-refractivity contribution < 1.29 is 28.6 Å². The molecule has 0 saturated carbocycles. The van der Waals surface area contributed by atoms with Gasteiger partial charge in [-0.25, -0.2) is 0 Å². The maximum Gasteiger partial charge on any atom is 0.326 e. The standard InChI is InChI=1S/C20H22ClNO6S/c1-5-7-27-18-14(21)8-13(9-15(18)26-6-2)10-16-19(24)22(20(25)29-16)11-17(23)28-12(3)4/h5,8-10,12H,1,6-7,11H2,2-4H3/b16-10-. The fraction of sp³-hybridized carbons (Fsp3) is 0.350. The average molecular weight is 440 g/mol. The van der Waals surface area contributed by atoms with Gasteiger partial charge in [-0.05, 0) is 56.3 Å². The molecule has 0 bridgehead atoms. The first-order valence-electron chi connectivity index (χ1n) is 8.91. The van der Waals surface area contributed by atoms with E-state index in [4.69, 9.17) is 25.8 Å². The normalized spacial score (nSPS) is 15.2. The molecule has 7 nitrogen and oxygen atoms in total. The Balaban J connectivity index is 2.27. The molecule has 0 spiro atoms. The molecular formula is C20H22ClNO6S. The zero-order chi connectivity index (χ0) is 21.6. The van der Waals surface area contributed by atoms with Gasteiger partial charge in [-0.2, -0.15) is 0 Å². The number of thioether (sulfide) groups is 1. The highest BCUT2D eigenvalue weighted by atomic mass is 35.5. The van der Waals surface area contributed by atoms with Crippen molar-refractivity contribution in [2.45, 2.75) is 26.9 Å². The number of benzene rings is 1. The highest BCUT2D eigenvalue weighted by molar-refractivity contribution is 8.18. The predicted octanol–water partition coefficient (Wildman–Crippen LogP) is 4.29. The lowest BCUT2D eigenvalue weighted by Crippen LogP contribution is -2.35. The Morgan fingerprint density at radius 2 is 2.03 bits per heavy atom. The number of imide groups is 1. The minimum Gasteiger partial charge on any atom is -0.490 e. The van der Waals surface area contributed by atoms with E-state index >= 15 is 0 Å². The maximum absolute atomic E-state index is 12.6. The summed E-state index contributed by atoms with van der Waals surface area (Å²) in [5, 5.41) is -0.243. The Bertz CT molecular complexity index is 852. The largest absolute Gasteiger partial charge is 0.490 e. The molecule has 2 amide bonds. The highest BCUT2D eigenvalue weighted by Crippen LogP contribution is 2.39. The molecule has 0 N–H and O–H groups in total. The van der Waals surface area contributed by atoms with E-state index in [2.05, 4.69) is 6.58 Å². The number of rotatable bonds is 9. The molecule has 1 aromatic carbocycles. The maximum atomic E-state index is 12.6. The van der Waals surface area contributed by atoms with Gasteiger partial charge in [0.15, 0.2) is 11.5 Å². The summed E-state index contributed by atoms with van der Waals surface area (Å²) in [6.45, 7) is 9.00. The molecule has 9 heteroatoms. The van der Waals surface area contributed by atoms with Gasteiger partial charge in [0.2, 0.25) is 0 Å². The van der Waals surface area contributed by atoms with Crippen molar-refractivity contribution in [1.29, 1.82) is 0 Å². The van der Waals surface area contributed by atoms with Crippen LogP contribution in [-0.4, -0.2) is 47.9 Å². The first kappa shape index (κ1) is 22.8. The molecule has 0 aromatic heterocycles. The van der Waals surface area contributed by atoms with Gasteiger partial charge in [-0.3, -0.25) is 19.3 Å². The highest BCUT2D eigenvalue weighted by Gasteiger charge is 2.36. The number of carbonyl (C=O) groups excluding carboxylic acids is 3. The van der Waals surface area contributed by atoms with E-state index < -0.39 is 23.7 Å². The zero-order valence-corrected chi connectivity index (χ0v) is 18.0. The Hall–Kier alpha value is -2.45. The van der Waals surface area contributed by atoms with Crippen molar-refractivity contribution in [2.24, 2.45) is 0 Å². The molecule has 29 heavy (non-hydrogen) atoms. The van der Waals surface area contributed by atoms with E-state index in [0.717, 1.165) is 16.7 Å². The second-order valence-corrected chi connectivity index (χ2v) is 7.57. The van der Waals surface area contributed by atoms with Crippen molar-refractivity contribution in [1.82, 2.24) is 4.90 Å². The molecule has 0 atom stereocenters. The third-order valence-electron chi connectivity index (χ3n) is 3.50. The Kier molecular flexibility index (Phi) is 8.16. The number of halogens is 1. The van der Waals surface area contributed by atoms with Crippen molar-refractivity contribution in [3.63, 3.8) is 0 Å². The molecule has 1 aliphatic rings. The van der Waals surface area contributed by atoms with Crippen molar-refractivity contribution in [2.75, 3.05) is 19.8 Å². The quantitative estimate of drug-likeness (QED) is 0.322. The number of esters is 1. The summed E-state index contributed by atoms with van der Waals surface area (Å²) in [7, 11) is 0. The Morgan fingerprint density at radius 3 is 2.66 bits per heavy atom. The van der Waals surface area contributed by atoms with Crippen LogP contribution in [0.25, 0.3) is 6.08 Å². The van der Waals surface area contributed by atoms with Crippen LogP contribution >= 0.6 is 23.4 Å². The lowest BCUT2D eigenvalue weighted by atomic mass is 10.1. The summed E-state index contributed by atoms with van der Waals surface area (Å²) >= 11 is 7.05. The van der Waals surface area contributed by atoms with Crippen molar-refractivity contribution in [3.8, 4) is 11.5 Å². The number of ether oxygens (including phenoxy) is 3. The summed E-state index contributed by atoms with van der Waals surface area (Å²) in [6, 6.07) is 3.26. The molecule has 1 aromatic rings. The minimum atomic E-state index is -0.644. The van der Waals surface area contributed by atoms with Crippen LogP contribution in [0.15, 0.2) is 29.7 Å². The molecular weight excluding hydrogens is 418 g/mol. The van der Waals surface area contributed by atoms with Crippen LogP contribution in [-0.2, 0) is 14.3 Å². The first-order chi connectivity index (χ1) is 13.8. The van der Waals surface area contributed by atoms with E-state index in [-0.39, 0.29) is 17.6 Å². The lowest BCUT2D eigenvalue weighted by molar-refractivity contribution is -0.149. The summed E-state index contributed by atoms with van der Waals surface area (Å²) < 4.78 is 16.1. The molecule has 1 heterocycles. The van der Waals surface area contributed by atoms with Gasteiger partial charge >= 0.3 is 5.97 Å². The molecule has 0 unspecified atom stereocenters. The molecule has 0 radical (unpaired) electrons. The monoisotopic (exact) mass is 439 g/mol. The number of hydrogen-bond donors (Lipinski definition) is 0. The van der Waals surface area contributed by atoms with Crippen LogP contribution in [0.4, 0.5) is 4.79 Å². The van der Waals surface area contributed by atoms with E-state index in [9.17, 15) is 14.4 Å². The zero-order valence-electron chi connectivity index (χ0n) is 16.4. The van der Waals surface area contributed by atoms with E-state index in [1.807, 2.05) is 6.92 Å². The third kappa shape index (κ3) is 6.01. The summed E-state index contributed by atoms with van der Waals surface area (Å²) in [5.74, 6) is -0.432. The topological polar surface area (TPSA) is 82.1 Å². The summed E-state index contributed by atoms with van der Waals surface area (Å²) in [6.07, 6.45) is 2.77. The number of carbonyl (C=O) groups is 3. The predicted molar refractivity (Wildman–Crippen MR) is 112 cm³/mol. The first-order valence-corrected chi connectivity index (χ1v) is 10.1. The van der Waals surface area contributed by atoms with Crippen LogP contribution < -0.4 is 9.47 Å². The van der Waals surface area contributed by atoms with Gasteiger partial charge < -0.3 is 14.2 Å². The fourth-order valence-corrected chi connectivity index (χ4v) is 3.55. The van der Waals surface area contributed by atoms with Crippen LogP contribution in [0.3, 0.4) is 0 Å². The molecule has 1 aliphatic heterocycles. The summed E-state index contributed by atoms with van der Waals surface area (Å²) in [4.78, 5) is 37.5. The van der Waals surface area contributed by atoms with Gasteiger partial charge in [0.05, 0.1) is 22.6 Å². The molecule has 156 valence electrons. The van der Waals surface area contributed by atoms with E-state index in [1.54, 1.807) is 32.1 Å². The van der Waals surface area contributed by atoms with Gasteiger partial charge in [0, 0.05) is 0 Å². The van der Waals surface area contributed by atoms with E-state index in [0.29, 0.717) is 28.7 Å². The van der Waals surface area contributed by atoms with Gasteiger partial charge in [0.25, 0.3) is 11.1 Å². The van der Waals surface area contributed by atoms with Crippen LogP contribution in [0.5, 0.6) is 11.5 Å². The number of nitrogens with zero attached hydrogens (tertiary/aromatic N) is 1.